The summed E-state index contributed by atoms with van der Waals surface area (Å²) >= 11 is 0. The molecule has 4 rings (SSSR count). The second kappa shape index (κ2) is 9.61. The third-order valence-corrected chi connectivity index (χ3v) is 16.6. The molecular weight excluding hydrogens is 440 g/mol. The van der Waals surface area contributed by atoms with Crippen LogP contribution >= 0.6 is 0 Å². The minimum Gasteiger partial charge on any atom is -0.431 e. The SMILES string of the molecule is CC(C)=C/C=C/[C@@H](C)[C@H]1CC[C@H]2[C@@H]3CC=C4CCC(C[Si](C)(O)C(C)(C)C)C[C@]4(C)[C@H]3CC[C@]12C. The van der Waals surface area contributed by atoms with Gasteiger partial charge in [-0.05, 0) is 129 Å². The van der Waals surface area contributed by atoms with Gasteiger partial charge in [0.15, 0.2) is 8.32 Å². The Balaban J connectivity index is 1.52. The number of rotatable bonds is 5. The molecule has 2 unspecified atom stereocenters. The van der Waals surface area contributed by atoms with E-state index >= 15 is 0 Å². The molecule has 0 aromatic carbocycles. The second-order valence-corrected chi connectivity index (χ2v) is 19.8. The van der Waals surface area contributed by atoms with Crippen LogP contribution in [0.2, 0.25) is 17.6 Å². The first-order valence-corrected chi connectivity index (χ1v) is 17.6. The van der Waals surface area contributed by atoms with Crippen molar-refractivity contribution in [2.45, 2.75) is 124 Å². The Bertz CT molecular complexity index is 868. The van der Waals surface area contributed by atoms with Crippen molar-refractivity contribution in [1.29, 1.82) is 0 Å². The highest BCUT2D eigenvalue weighted by atomic mass is 28.4. The highest BCUT2D eigenvalue weighted by molar-refractivity contribution is 6.74. The topological polar surface area (TPSA) is 20.2 Å². The van der Waals surface area contributed by atoms with Gasteiger partial charge >= 0.3 is 0 Å². The molecule has 0 aromatic rings. The average molecular weight is 497 g/mol. The highest BCUT2D eigenvalue weighted by Gasteiger charge is 2.59. The summed E-state index contributed by atoms with van der Waals surface area (Å²) in [6.07, 6.45) is 20.8. The molecule has 4 aliphatic rings. The van der Waals surface area contributed by atoms with Gasteiger partial charge in [0.1, 0.15) is 0 Å². The Labute approximate surface area is 219 Å². The summed E-state index contributed by atoms with van der Waals surface area (Å²) in [6.45, 7) is 21.2. The van der Waals surface area contributed by atoms with Gasteiger partial charge in [-0.3, -0.25) is 0 Å². The molecule has 0 heterocycles. The van der Waals surface area contributed by atoms with E-state index in [-0.39, 0.29) is 5.04 Å². The van der Waals surface area contributed by atoms with E-state index < -0.39 is 8.32 Å². The summed E-state index contributed by atoms with van der Waals surface area (Å²) < 4.78 is 0. The molecule has 4 aliphatic carbocycles. The molecule has 0 spiro atoms. The number of fused-ring (bicyclic) bond motifs is 5. The Morgan fingerprint density at radius 3 is 2.51 bits per heavy atom. The van der Waals surface area contributed by atoms with E-state index in [1.165, 1.54) is 56.9 Å². The molecule has 0 radical (unpaired) electrons. The summed E-state index contributed by atoms with van der Waals surface area (Å²) in [7, 11) is -2.23. The van der Waals surface area contributed by atoms with Gasteiger partial charge in [-0.15, -0.1) is 0 Å². The smallest absolute Gasteiger partial charge is 0.191 e. The van der Waals surface area contributed by atoms with E-state index in [4.69, 9.17) is 0 Å². The van der Waals surface area contributed by atoms with Crippen molar-refractivity contribution in [2.75, 3.05) is 0 Å². The van der Waals surface area contributed by atoms with E-state index in [1.807, 2.05) is 0 Å². The Hall–Kier alpha value is -0.603. The van der Waals surface area contributed by atoms with Crippen LogP contribution in [0.3, 0.4) is 0 Å². The Kier molecular flexibility index (Phi) is 7.53. The van der Waals surface area contributed by atoms with Crippen molar-refractivity contribution in [3.63, 3.8) is 0 Å². The summed E-state index contributed by atoms with van der Waals surface area (Å²) in [4.78, 5) is 11.5. The molecule has 0 amide bonds. The van der Waals surface area contributed by atoms with Crippen LogP contribution in [0.15, 0.2) is 35.5 Å². The van der Waals surface area contributed by atoms with Gasteiger partial charge in [0.2, 0.25) is 0 Å². The zero-order valence-corrected chi connectivity index (χ0v) is 25.6. The monoisotopic (exact) mass is 496 g/mol. The molecule has 0 bridgehead atoms. The van der Waals surface area contributed by atoms with E-state index in [2.05, 4.69) is 86.2 Å². The molecule has 0 saturated heterocycles. The summed E-state index contributed by atoms with van der Waals surface area (Å²) in [5, 5.41) is 0.0708. The van der Waals surface area contributed by atoms with Crippen LogP contribution in [0, 0.1) is 46.3 Å². The van der Waals surface area contributed by atoms with Gasteiger partial charge in [-0.2, -0.15) is 0 Å². The van der Waals surface area contributed by atoms with E-state index in [0.29, 0.717) is 22.7 Å². The molecule has 3 fully saturated rings. The standard InChI is InChI=1S/C33H56OSi/c1-23(2)11-10-12-24(3)28-17-18-29-27-16-15-26-14-13-25(22-35(9,34)31(4,5)6)21-33(26,8)30(27)19-20-32(28,29)7/h10-12,15,24-25,27-30,34H,13-14,16-22H2,1-9H3/b12-10+/t24-,25?,27+,28-,29+,30+,32-,33+,35?/m1/s1. The maximum atomic E-state index is 11.5. The molecule has 1 N–H and O–H groups in total. The zero-order chi connectivity index (χ0) is 25.8. The molecule has 3 saturated carbocycles. The molecule has 2 heteroatoms. The van der Waals surface area contributed by atoms with Gasteiger partial charge in [-0.1, -0.05) is 77.0 Å². The molecule has 1 nitrogen and oxygen atoms in total. The minimum absolute atomic E-state index is 0.0708. The predicted octanol–water partition coefficient (Wildman–Crippen LogP) is 9.71. The van der Waals surface area contributed by atoms with Crippen molar-refractivity contribution < 1.29 is 4.80 Å². The summed E-state index contributed by atoms with van der Waals surface area (Å²) in [6, 6.07) is 1.09. The second-order valence-electron chi connectivity index (χ2n) is 15.3. The first-order valence-electron chi connectivity index (χ1n) is 14.9. The predicted molar refractivity (Wildman–Crippen MR) is 155 cm³/mol. The first kappa shape index (κ1) is 27.4. The van der Waals surface area contributed by atoms with Crippen LogP contribution in [0.4, 0.5) is 0 Å². The van der Waals surface area contributed by atoms with Crippen molar-refractivity contribution >= 4 is 8.32 Å². The van der Waals surface area contributed by atoms with Crippen LogP contribution in [0.25, 0.3) is 0 Å². The molecule has 9 atom stereocenters. The third kappa shape index (κ3) is 4.97. The third-order valence-electron chi connectivity index (χ3n) is 12.0. The van der Waals surface area contributed by atoms with Gasteiger partial charge in [-0.25, -0.2) is 0 Å². The normalized spacial score (nSPS) is 41.9. The van der Waals surface area contributed by atoms with E-state index in [9.17, 15) is 4.80 Å². The van der Waals surface area contributed by atoms with Crippen LogP contribution in [-0.4, -0.2) is 13.1 Å². The quantitative estimate of drug-likeness (QED) is 0.228. The first-order chi connectivity index (χ1) is 16.2. The summed E-state index contributed by atoms with van der Waals surface area (Å²) in [5.41, 5.74) is 4.07. The lowest BCUT2D eigenvalue weighted by Gasteiger charge is -2.59. The molecule has 35 heavy (non-hydrogen) atoms. The molecule has 0 aliphatic heterocycles. The maximum Gasteiger partial charge on any atom is 0.191 e. The zero-order valence-electron chi connectivity index (χ0n) is 24.6. The maximum absolute atomic E-state index is 11.5. The largest absolute Gasteiger partial charge is 0.431 e. The summed E-state index contributed by atoms with van der Waals surface area (Å²) in [5.74, 6) is 4.85. The average Bonchev–Trinajstić information content (AvgIpc) is 3.09. The van der Waals surface area contributed by atoms with Crippen LogP contribution in [-0.2, 0) is 0 Å². The van der Waals surface area contributed by atoms with Gasteiger partial charge in [0.05, 0.1) is 0 Å². The number of allylic oxidation sites excluding steroid dienone is 6. The van der Waals surface area contributed by atoms with Crippen LogP contribution in [0.1, 0.15) is 107 Å². The fourth-order valence-electron chi connectivity index (χ4n) is 9.39. The molecule has 0 aromatic heterocycles. The molecular formula is C33H56OSi. The Morgan fingerprint density at radius 2 is 1.86 bits per heavy atom. The van der Waals surface area contributed by atoms with Gasteiger partial charge in [0.25, 0.3) is 0 Å². The lowest BCUT2D eigenvalue weighted by Crippen LogP contribution is -2.51. The fraction of sp³-hybridized carbons (Fsp3) is 0.818. The lowest BCUT2D eigenvalue weighted by molar-refractivity contribution is -0.0510. The van der Waals surface area contributed by atoms with Crippen molar-refractivity contribution in [1.82, 2.24) is 0 Å². The Morgan fingerprint density at radius 1 is 1.14 bits per heavy atom. The van der Waals surface area contributed by atoms with Crippen molar-refractivity contribution in [3.8, 4) is 0 Å². The van der Waals surface area contributed by atoms with Crippen LogP contribution in [0.5, 0.6) is 0 Å². The van der Waals surface area contributed by atoms with Crippen molar-refractivity contribution in [2.24, 2.45) is 46.3 Å². The van der Waals surface area contributed by atoms with Gasteiger partial charge in [0, 0.05) is 0 Å². The van der Waals surface area contributed by atoms with Crippen molar-refractivity contribution in [3.05, 3.63) is 35.5 Å². The van der Waals surface area contributed by atoms with Gasteiger partial charge < -0.3 is 4.80 Å². The lowest BCUT2D eigenvalue weighted by atomic mass is 9.46. The number of hydrogen-bond donors (Lipinski definition) is 1. The van der Waals surface area contributed by atoms with Crippen LogP contribution < -0.4 is 0 Å². The van der Waals surface area contributed by atoms with E-state index in [1.54, 1.807) is 5.57 Å². The van der Waals surface area contributed by atoms with E-state index in [0.717, 1.165) is 29.7 Å². The highest BCUT2D eigenvalue weighted by Crippen LogP contribution is 2.67. The number of hydrogen-bond acceptors (Lipinski definition) is 1. The fourth-order valence-corrected chi connectivity index (χ4v) is 11.5. The molecule has 198 valence electrons. The minimum atomic E-state index is -2.23.